The van der Waals surface area contributed by atoms with Gasteiger partial charge >= 0.3 is 5.97 Å². The van der Waals surface area contributed by atoms with Crippen molar-refractivity contribution < 1.29 is 14.7 Å². The fourth-order valence-electron chi connectivity index (χ4n) is 3.30. The number of thiazole rings is 1. The lowest BCUT2D eigenvalue weighted by atomic mass is 10.0. The smallest absolute Gasteiger partial charge is 0.326 e. The van der Waals surface area contributed by atoms with Crippen LogP contribution < -0.4 is 4.80 Å². The number of benzene rings is 3. The number of amides is 1. The molecule has 0 saturated carbocycles. The molecule has 0 aliphatic carbocycles. The van der Waals surface area contributed by atoms with Crippen LogP contribution in [0.5, 0.6) is 0 Å². The van der Waals surface area contributed by atoms with Gasteiger partial charge in [-0.15, -0.1) is 0 Å². The molecule has 1 atom stereocenters. The van der Waals surface area contributed by atoms with E-state index in [1.165, 1.54) is 11.3 Å². The average Bonchev–Trinajstić information content (AvgIpc) is 3.15. The van der Waals surface area contributed by atoms with Crippen LogP contribution in [0.1, 0.15) is 24.1 Å². The Kier molecular flexibility index (Phi) is 5.91. The van der Waals surface area contributed by atoms with Gasteiger partial charge in [0.1, 0.15) is 6.04 Å². The summed E-state index contributed by atoms with van der Waals surface area (Å²) in [7, 11) is 0. The maximum Gasteiger partial charge on any atom is 0.326 e. The number of carboxylic acids is 1. The Morgan fingerprint density at radius 1 is 0.935 bits per heavy atom. The number of para-hydroxylation sites is 1. The summed E-state index contributed by atoms with van der Waals surface area (Å²) in [5.41, 5.74) is 2.81. The highest BCUT2D eigenvalue weighted by Crippen LogP contribution is 2.23. The Labute approximate surface area is 183 Å². The maximum atomic E-state index is 13.3. The minimum absolute atomic E-state index is 0.357. The molecule has 3 aromatic carbocycles. The van der Waals surface area contributed by atoms with Crippen molar-refractivity contribution >= 4 is 45.1 Å². The van der Waals surface area contributed by atoms with Gasteiger partial charge in [0, 0.05) is 5.57 Å². The predicted octanol–water partition coefficient (Wildman–Crippen LogP) is 5.02. The van der Waals surface area contributed by atoms with Gasteiger partial charge in [-0.2, -0.15) is 4.99 Å². The third-order valence-corrected chi connectivity index (χ3v) is 5.94. The van der Waals surface area contributed by atoms with Gasteiger partial charge < -0.3 is 9.67 Å². The second-order valence-electron chi connectivity index (χ2n) is 6.99. The summed E-state index contributed by atoms with van der Waals surface area (Å²) in [5, 5.41) is 9.60. The summed E-state index contributed by atoms with van der Waals surface area (Å²) >= 11 is 1.30. The van der Waals surface area contributed by atoms with Crippen molar-refractivity contribution in [3.63, 3.8) is 0 Å². The number of nitrogens with zero attached hydrogens (tertiary/aromatic N) is 2. The first-order chi connectivity index (χ1) is 15.0. The molecule has 5 nitrogen and oxygen atoms in total. The molecule has 31 heavy (non-hydrogen) atoms. The molecule has 4 rings (SSSR count). The van der Waals surface area contributed by atoms with Gasteiger partial charge in [0.15, 0.2) is 4.80 Å². The van der Waals surface area contributed by atoms with Crippen molar-refractivity contribution in [2.45, 2.75) is 13.0 Å². The largest absolute Gasteiger partial charge is 0.480 e. The number of carbonyl (C=O) groups excluding carboxylic acids is 1. The third kappa shape index (κ3) is 4.39. The first kappa shape index (κ1) is 20.5. The van der Waals surface area contributed by atoms with E-state index in [0.29, 0.717) is 10.4 Å². The van der Waals surface area contributed by atoms with Crippen LogP contribution in [0.2, 0.25) is 0 Å². The van der Waals surface area contributed by atoms with Crippen LogP contribution in [-0.2, 0) is 9.59 Å². The number of carbonyl (C=O) groups is 2. The van der Waals surface area contributed by atoms with E-state index in [1.807, 2.05) is 84.9 Å². The van der Waals surface area contributed by atoms with E-state index in [-0.39, 0.29) is 0 Å². The number of hydrogen-bond donors (Lipinski definition) is 1. The zero-order valence-corrected chi connectivity index (χ0v) is 17.6. The zero-order chi connectivity index (χ0) is 21.8. The summed E-state index contributed by atoms with van der Waals surface area (Å²) in [6.45, 7) is 1.59. The fraction of sp³-hybridized carbons (Fsp3) is 0.0800. The SMILES string of the molecule is CC(C(=O)O)n1c(=NC(=O)/C(=C/c2ccccc2)c2ccccc2)sc2ccccc21. The Morgan fingerprint density at radius 3 is 2.23 bits per heavy atom. The lowest BCUT2D eigenvalue weighted by Gasteiger charge is -2.10. The molecule has 0 spiro atoms. The van der Waals surface area contributed by atoms with E-state index < -0.39 is 17.9 Å². The van der Waals surface area contributed by atoms with E-state index in [9.17, 15) is 14.7 Å². The van der Waals surface area contributed by atoms with Crippen LogP contribution in [0, 0.1) is 0 Å². The normalized spacial score (nSPS) is 13.3. The van der Waals surface area contributed by atoms with Crippen LogP contribution in [-0.4, -0.2) is 21.6 Å². The Morgan fingerprint density at radius 2 is 1.55 bits per heavy atom. The van der Waals surface area contributed by atoms with Crippen LogP contribution >= 0.6 is 11.3 Å². The molecule has 0 fully saturated rings. The standard InChI is InChI=1S/C25H20N2O3S/c1-17(24(29)30)27-21-14-8-9-15-22(21)31-25(27)26-23(28)20(19-12-6-3-7-13-19)16-18-10-4-2-5-11-18/h2-17H,1H3,(H,29,30)/b20-16+,26-25?. The fourth-order valence-corrected chi connectivity index (χ4v) is 4.40. The highest BCUT2D eigenvalue weighted by atomic mass is 32.1. The van der Waals surface area contributed by atoms with Crippen LogP contribution in [0.25, 0.3) is 21.9 Å². The monoisotopic (exact) mass is 428 g/mol. The predicted molar refractivity (Wildman–Crippen MR) is 123 cm³/mol. The molecule has 1 heterocycles. The number of carboxylic acid groups (broad SMARTS) is 1. The molecule has 0 bridgehead atoms. The lowest BCUT2D eigenvalue weighted by molar-refractivity contribution is -0.140. The molecule has 1 amide bonds. The van der Waals surface area contributed by atoms with Crippen LogP contribution in [0.3, 0.4) is 0 Å². The molecule has 1 aromatic heterocycles. The van der Waals surface area contributed by atoms with E-state index >= 15 is 0 Å². The molecule has 1 unspecified atom stereocenters. The topological polar surface area (TPSA) is 71.7 Å². The highest BCUT2D eigenvalue weighted by molar-refractivity contribution is 7.16. The van der Waals surface area contributed by atoms with Crippen molar-refractivity contribution in [3.05, 3.63) is 101 Å². The zero-order valence-electron chi connectivity index (χ0n) is 16.8. The molecule has 0 aliphatic rings. The van der Waals surface area contributed by atoms with E-state index in [2.05, 4.69) is 4.99 Å². The molecule has 0 aliphatic heterocycles. The number of hydrogen-bond acceptors (Lipinski definition) is 3. The van der Waals surface area contributed by atoms with E-state index in [4.69, 9.17) is 0 Å². The van der Waals surface area contributed by atoms with Crippen LogP contribution in [0.4, 0.5) is 0 Å². The molecule has 1 N–H and O–H groups in total. The molecule has 4 aromatic rings. The Hall–Kier alpha value is -3.77. The van der Waals surface area contributed by atoms with Gasteiger partial charge in [-0.3, -0.25) is 4.79 Å². The second kappa shape index (κ2) is 8.93. The second-order valence-corrected chi connectivity index (χ2v) is 8.00. The van der Waals surface area contributed by atoms with Crippen molar-refractivity contribution in [2.75, 3.05) is 0 Å². The van der Waals surface area contributed by atoms with Gasteiger partial charge in [0.2, 0.25) is 0 Å². The summed E-state index contributed by atoms with van der Waals surface area (Å²) in [4.78, 5) is 29.8. The molecule has 154 valence electrons. The minimum atomic E-state index is -0.986. The van der Waals surface area contributed by atoms with Crippen LogP contribution in [0.15, 0.2) is 89.9 Å². The van der Waals surface area contributed by atoms with Crippen molar-refractivity contribution in [3.8, 4) is 0 Å². The quantitative estimate of drug-likeness (QED) is 0.358. The first-order valence-corrected chi connectivity index (χ1v) is 10.6. The summed E-state index contributed by atoms with van der Waals surface area (Å²) in [6.07, 6.45) is 1.81. The van der Waals surface area contributed by atoms with Crippen molar-refractivity contribution in [2.24, 2.45) is 4.99 Å². The molecular weight excluding hydrogens is 408 g/mol. The van der Waals surface area contributed by atoms with E-state index in [0.717, 1.165) is 21.3 Å². The maximum absolute atomic E-state index is 13.3. The first-order valence-electron chi connectivity index (χ1n) is 9.78. The number of aromatic nitrogens is 1. The van der Waals surface area contributed by atoms with Crippen molar-refractivity contribution in [1.29, 1.82) is 0 Å². The van der Waals surface area contributed by atoms with Crippen molar-refractivity contribution in [1.82, 2.24) is 4.57 Å². The Bertz CT molecular complexity index is 1340. The van der Waals surface area contributed by atoms with E-state index in [1.54, 1.807) is 17.6 Å². The molecular formula is C25H20N2O3S. The van der Waals surface area contributed by atoms with Gasteiger partial charge in [0.05, 0.1) is 10.2 Å². The molecule has 0 radical (unpaired) electrons. The summed E-state index contributed by atoms with van der Waals surface area (Å²) < 4.78 is 2.47. The number of aliphatic carboxylic acids is 1. The minimum Gasteiger partial charge on any atom is -0.480 e. The lowest BCUT2D eigenvalue weighted by Crippen LogP contribution is -2.25. The third-order valence-electron chi connectivity index (χ3n) is 4.90. The van der Waals surface area contributed by atoms with Gasteiger partial charge in [-0.25, -0.2) is 4.79 Å². The van der Waals surface area contributed by atoms with Gasteiger partial charge in [-0.05, 0) is 36.3 Å². The van der Waals surface area contributed by atoms with Gasteiger partial charge in [-0.1, -0.05) is 84.1 Å². The average molecular weight is 429 g/mol. The number of fused-ring (bicyclic) bond motifs is 1. The molecule has 6 heteroatoms. The molecule has 0 saturated heterocycles. The number of rotatable bonds is 5. The summed E-state index contributed by atoms with van der Waals surface area (Å²) in [6, 6.07) is 25.5. The summed E-state index contributed by atoms with van der Waals surface area (Å²) in [5.74, 6) is -1.41. The Balaban J connectivity index is 1.89. The highest BCUT2D eigenvalue weighted by Gasteiger charge is 2.20. The van der Waals surface area contributed by atoms with Gasteiger partial charge in [0.25, 0.3) is 5.91 Å².